The molecule has 0 aliphatic carbocycles. The van der Waals surface area contributed by atoms with E-state index in [0.29, 0.717) is 6.42 Å². The van der Waals surface area contributed by atoms with Crippen LogP contribution in [-0.4, -0.2) is 18.1 Å². The predicted molar refractivity (Wildman–Crippen MR) is 75.3 cm³/mol. The molecule has 0 N–H and O–H groups in total. The number of esters is 1. The van der Waals surface area contributed by atoms with Crippen molar-refractivity contribution in [2.75, 3.05) is 7.11 Å². The standard InChI is InChI=1S/C16H15NO2/c1-19-16(18)7-4-5-13-8-10-14(11-9-13)15-6-2-3-12-17-15/h2-6,8-12H,7H2,1H3. The minimum atomic E-state index is -0.235. The smallest absolute Gasteiger partial charge is 0.309 e. The molecular weight excluding hydrogens is 238 g/mol. The number of aromatic nitrogens is 1. The van der Waals surface area contributed by atoms with Crippen molar-refractivity contribution in [2.24, 2.45) is 0 Å². The van der Waals surface area contributed by atoms with Crippen LogP contribution in [0.25, 0.3) is 17.3 Å². The molecule has 2 aromatic rings. The van der Waals surface area contributed by atoms with Crippen molar-refractivity contribution in [1.82, 2.24) is 4.98 Å². The van der Waals surface area contributed by atoms with E-state index in [4.69, 9.17) is 0 Å². The summed E-state index contributed by atoms with van der Waals surface area (Å²) in [5, 5.41) is 0. The molecule has 3 nitrogen and oxygen atoms in total. The molecule has 2 rings (SSSR count). The maximum absolute atomic E-state index is 11.0. The molecule has 0 aliphatic heterocycles. The first kappa shape index (κ1) is 13.0. The van der Waals surface area contributed by atoms with Gasteiger partial charge < -0.3 is 4.74 Å². The van der Waals surface area contributed by atoms with E-state index in [1.165, 1.54) is 7.11 Å². The second-order valence-corrected chi connectivity index (χ2v) is 4.02. The number of carbonyl (C=O) groups excluding carboxylic acids is 1. The first-order valence-electron chi connectivity index (χ1n) is 6.04. The number of ether oxygens (including phenoxy) is 1. The van der Waals surface area contributed by atoms with Gasteiger partial charge in [0.25, 0.3) is 0 Å². The third kappa shape index (κ3) is 3.78. The van der Waals surface area contributed by atoms with Gasteiger partial charge in [0, 0.05) is 11.8 Å². The number of methoxy groups -OCH3 is 1. The molecule has 0 fully saturated rings. The summed E-state index contributed by atoms with van der Waals surface area (Å²) < 4.78 is 4.57. The van der Waals surface area contributed by atoms with Gasteiger partial charge in [0.15, 0.2) is 0 Å². The van der Waals surface area contributed by atoms with Gasteiger partial charge in [-0.25, -0.2) is 0 Å². The van der Waals surface area contributed by atoms with Crippen molar-refractivity contribution in [2.45, 2.75) is 6.42 Å². The summed E-state index contributed by atoms with van der Waals surface area (Å²) in [6, 6.07) is 13.9. The molecule has 3 heteroatoms. The quantitative estimate of drug-likeness (QED) is 0.784. The van der Waals surface area contributed by atoms with Gasteiger partial charge in [0.2, 0.25) is 0 Å². The zero-order valence-electron chi connectivity index (χ0n) is 10.7. The third-order valence-electron chi connectivity index (χ3n) is 2.69. The van der Waals surface area contributed by atoms with Crippen LogP contribution in [0.2, 0.25) is 0 Å². The molecule has 0 amide bonds. The Hall–Kier alpha value is -2.42. The zero-order valence-corrected chi connectivity index (χ0v) is 10.7. The lowest BCUT2D eigenvalue weighted by molar-refractivity contribution is -0.139. The van der Waals surface area contributed by atoms with Crippen molar-refractivity contribution < 1.29 is 9.53 Å². The average Bonchev–Trinajstić information content (AvgIpc) is 2.48. The maximum Gasteiger partial charge on any atom is 0.309 e. The summed E-state index contributed by atoms with van der Waals surface area (Å²) >= 11 is 0. The summed E-state index contributed by atoms with van der Waals surface area (Å²) in [5.41, 5.74) is 3.07. The molecule has 1 aromatic heterocycles. The number of nitrogens with zero attached hydrogens (tertiary/aromatic N) is 1. The van der Waals surface area contributed by atoms with E-state index in [-0.39, 0.29) is 5.97 Å². The number of rotatable bonds is 4. The minimum Gasteiger partial charge on any atom is -0.469 e. The van der Waals surface area contributed by atoms with Gasteiger partial charge >= 0.3 is 5.97 Å². The number of benzene rings is 1. The molecule has 0 saturated carbocycles. The van der Waals surface area contributed by atoms with E-state index in [9.17, 15) is 4.79 Å². The Kier molecular flexibility index (Phi) is 4.45. The van der Waals surface area contributed by atoms with Crippen LogP contribution in [0.3, 0.4) is 0 Å². The van der Waals surface area contributed by atoms with E-state index in [1.807, 2.05) is 48.5 Å². The predicted octanol–water partition coefficient (Wildman–Crippen LogP) is 3.32. The highest BCUT2D eigenvalue weighted by Gasteiger charge is 1.97. The largest absolute Gasteiger partial charge is 0.469 e. The SMILES string of the molecule is COC(=O)CC=Cc1ccc(-c2ccccn2)cc1. The molecule has 19 heavy (non-hydrogen) atoms. The van der Waals surface area contributed by atoms with Crippen LogP contribution in [0.15, 0.2) is 54.7 Å². The Morgan fingerprint density at radius 1 is 1.21 bits per heavy atom. The lowest BCUT2D eigenvalue weighted by Crippen LogP contribution is -1.96. The molecule has 0 radical (unpaired) electrons. The van der Waals surface area contributed by atoms with E-state index in [1.54, 1.807) is 12.3 Å². The molecule has 1 heterocycles. The molecule has 1 aromatic carbocycles. The highest BCUT2D eigenvalue weighted by molar-refractivity contribution is 5.72. The molecular formula is C16H15NO2. The maximum atomic E-state index is 11.0. The van der Waals surface area contributed by atoms with Crippen molar-refractivity contribution in [3.05, 3.63) is 60.3 Å². The Morgan fingerprint density at radius 2 is 2.00 bits per heavy atom. The Morgan fingerprint density at radius 3 is 2.63 bits per heavy atom. The Balaban J connectivity index is 2.05. The van der Waals surface area contributed by atoms with Crippen molar-refractivity contribution >= 4 is 12.0 Å². The highest BCUT2D eigenvalue weighted by atomic mass is 16.5. The van der Waals surface area contributed by atoms with Crippen LogP contribution >= 0.6 is 0 Å². The fourth-order valence-corrected chi connectivity index (χ4v) is 1.67. The van der Waals surface area contributed by atoms with Crippen molar-refractivity contribution in [3.8, 4) is 11.3 Å². The molecule has 96 valence electrons. The summed E-state index contributed by atoms with van der Waals surface area (Å²) in [4.78, 5) is 15.3. The normalized spacial score (nSPS) is 10.6. The first-order chi connectivity index (χ1) is 9.29. The molecule has 0 saturated heterocycles. The summed E-state index contributed by atoms with van der Waals surface area (Å²) in [7, 11) is 1.39. The number of hydrogen-bond acceptors (Lipinski definition) is 3. The summed E-state index contributed by atoms with van der Waals surface area (Å²) in [6.07, 6.45) is 5.76. The van der Waals surface area contributed by atoms with Gasteiger partial charge in [-0.05, 0) is 17.7 Å². The average molecular weight is 253 g/mol. The van der Waals surface area contributed by atoms with E-state index < -0.39 is 0 Å². The summed E-state index contributed by atoms with van der Waals surface area (Å²) in [6.45, 7) is 0. The van der Waals surface area contributed by atoms with Crippen LogP contribution in [-0.2, 0) is 9.53 Å². The monoisotopic (exact) mass is 253 g/mol. The molecule has 0 unspecified atom stereocenters. The summed E-state index contributed by atoms with van der Waals surface area (Å²) in [5.74, 6) is -0.235. The number of pyridine rings is 1. The lowest BCUT2D eigenvalue weighted by Gasteiger charge is -2.00. The van der Waals surface area contributed by atoms with Crippen LogP contribution in [0.1, 0.15) is 12.0 Å². The molecule has 0 aliphatic rings. The molecule has 0 atom stereocenters. The molecule has 0 bridgehead atoms. The molecule has 0 spiro atoms. The third-order valence-corrected chi connectivity index (χ3v) is 2.69. The van der Waals surface area contributed by atoms with Crippen molar-refractivity contribution in [1.29, 1.82) is 0 Å². The lowest BCUT2D eigenvalue weighted by atomic mass is 10.1. The van der Waals surface area contributed by atoms with Crippen LogP contribution < -0.4 is 0 Å². The van der Waals surface area contributed by atoms with E-state index in [0.717, 1.165) is 16.8 Å². The van der Waals surface area contributed by atoms with E-state index in [2.05, 4.69) is 9.72 Å². The first-order valence-corrected chi connectivity index (χ1v) is 6.04. The fraction of sp³-hybridized carbons (Fsp3) is 0.125. The van der Waals surface area contributed by atoms with Gasteiger partial charge in [-0.1, -0.05) is 42.5 Å². The van der Waals surface area contributed by atoms with Crippen LogP contribution in [0, 0.1) is 0 Å². The highest BCUT2D eigenvalue weighted by Crippen LogP contribution is 2.17. The topological polar surface area (TPSA) is 39.2 Å². The second kappa shape index (κ2) is 6.50. The van der Waals surface area contributed by atoms with Gasteiger partial charge in [-0.15, -0.1) is 0 Å². The number of hydrogen-bond donors (Lipinski definition) is 0. The Labute approximate surface area is 112 Å². The zero-order chi connectivity index (χ0) is 13.5. The van der Waals surface area contributed by atoms with Crippen LogP contribution in [0.5, 0.6) is 0 Å². The van der Waals surface area contributed by atoms with E-state index >= 15 is 0 Å². The van der Waals surface area contributed by atoms with Crippen molar-refractivity contribution in [3.63, 3.8) is 0 Å². The van der Waals surface area contributed by atoms with Gasteiger partial charge in [0.05, 0.1) is 19.2 Å². The number of carbonyl (C=O) groups is 1. The van der Waals surface area contributed by atoms with Gasteiger partial charge in [0.1, 0.15) is 0 Å². The fourth-order valence-electron chi connectivity index (χ4n) is 1.67. The van der Waals surface area contributed by atoms with Gasteiger partial charge in [-0.3, -0.25) is 9.78 Å². The Bertz CT molecular complexity index is 559. The van der Waals surface area contributed by atoms with Gasteiger partial charge in [-0.2, -0.15) is 0 Å². The second-order valence-electron chi connectivity index (χ2n) is 4.02. The van der Waals surface area contributed by atoms with Crippen LogP contribution in [0.4, 0.5) is 0 Å². The minimum absolute atomic E-state index is 0.235.